The van der Waals surface area contributed by atoms with E-state index in [1.54, 1.807) is 14.2 Å². The number of rotatable bonds is 13. The average Bonchev–Trinajstić information content (AvgIpc) is 3.87. The van der Waals surface area contributed by atoms with Crippen LogP contribution >= 0.6 is 24.0 Å². The molecule has 1 aliphatic heterocycles. The number of benzene rings is 2. The van der Waals surface area contributed by atoms with Gasteiger partial charge in [0.05, 0.1) is 19.1 Å². The number of hydrogen-bond acceptors (Lipinski definition) is 8. The summed E-state index contributed by atoms with van der Waals surface area (Å²) in [7, 11) is 3.23. The lowest BCUT2D eigenvalue weighted by molar-refractivity contribution is -0.125. The highest BCUT2D eigenvalue weighted by molar-refractivity contribution is 8.26. The maximum absolute atomic E-state index is 13.8. The first-order valence-electron chi connectivity index (χ1n) is 17.6. The van der Waals surface area contributed by atoms with Crippen molar-refractivity contribution >= 4 is 46.2 Å². The molecule has 1 aromatic heterocycles. The Morgan fingerprint density at radius 3 is 2.40 bits per heavy atom. The summed E-state index contributed by atoms with van der Waals surface area (Å²) in [6.07, 6.45) is 8.52. The van der Waals surface area contributed by atoms with Crippen LogP contribution in [0.25, 0.3) is 17.4 Å². The molecule has 8 nitrogen and oxygen atoms in total. The topological polar surface area (TPSA) is 90.2 Å². The van der Waals surface area contributed by atoms with Crippen LogP contribution in [-0.2, 0) is 22.4 Å². The number of thioether (sulfide) groups is 1. The molecule has 0 spiro atoms. The minimum atomic E-state index is -0.261. The summed E-state index contributed by atoms with van der Waals surface area (Å²) in [5, 5.41) is 3.11. The van der Waals surface area contributed by atoms with Gasteiger partial charge in [0.2, 0.25) is 5.91 Å². The van der Waals surface area contributed by atoms with Crippen molar-refractivity contribution in [2.75, 3.05) is 20.8 Å². The summed E-state index contributed by atoms with van der Waals surface area (Å²) in [5.74, 6) is 4.44. The second kappa shape index (κ2) is 15.2. The van der Waals surface area contributed by atoms with Gasteiger partial charge in [-0.1, -0.05) is 49.5 Å². The number of amides is 2. The van der Waals surface area contributed by atoms with Crippen molar-refractivity contribution in [3.8, 4) is 28.6 Å². The first kappa shape index (κ1) is 36.0. The minimum absolute atomic E-state index is 0.0147. The van der Waals surface area contributed by atoms with Crippen molar-refractivity contribution in [3.05, 3.63) is 70.3 Å². The van der Waals surface area contributed by atoms with E-state index in [1.165, 1.54) is 31.0 Å². The molecule has 0 radical (unpaired) electrons. The highest BCUT2D eigenvalue weighted by Crippen LogP contribution is 2.49. The lowest BCUT2D eigenvalue weighted by atomic mass is 9.94. The number of carbonyl (C=O) groups is 2. The second-order valence-corrected chi connectivity index (χ2v) is 16.4. The molecule has 3 unspecified atom stereocenters. The number of furan rings is 1. The summed E-state index contributed by atoms with van der Waals surface area (Å²) in [5.41, 5.74) is 2.58. The third kappa shape index (κ3) is 8.40. The van der Waals surface area contributed by atoms with Crippen LogP contribution in [0.1, 0.15) is 76.7 Å². The highest BCUT2D eigenvalue weighted by atomic mass is 32.2. The zero-order valence-corrected chi connectivity index (χ0v) is 31.5. The van der Waals surface area contributed by atoms with Crippen LogP contribution < -0.4 is 19.5 Å². The summed E-state index contributed by atoms with van der Waals surface area (Å²) in [6.45, 7) is 8.53. The van der Waals surface area contributed by atoms with Crippen molar-refractivity contribution in [2.45, 2.75) is 84.3 Å². The maximum Gasteiger partial charge on any atom is 0.266 e. The Kier molecular flexibility index (Phi) is 11.0. The molecule has 6 rings (SSSR count). The lowest BCUT2D eigenvalue weighted by Crippen LogP contribution is -2.41. The van der Waals surface area contributed by atoms with Gasteiger partial charge in [0, 0.05) is 36.2 Å². The van der Waals surface area contributed by atoms with E-state index in [-0.39, 0.29) is 29.4 Å². The van der Waals surface area contributed by atoms with Crippen molar-refractivity contribution in [1.29, 1.82) is 0 Å². The SMILES string of the molecule is COc1cc(OC)cc(-c2cc(CCCNC(=O)[C@@H](C)Cc3ccc(OC(C)(C)C)cc3)c(/C=C3\SC(=S)N(C4CC5CCC4C5)C3=O)o2)c1. The van der Waals surface area contributed by atoms with Crippen LogP contribution in [0.5, 0.6) is 17.2 Å². The molecular weight excluding hydrogens is 669 g/mol. The van der Waals surface area contributed by atoms with Gasteiger partial charge < -0.3 is 23.9 Å². The van der Waals surface area contributed by atoms with E-state index in [1.807, 2.05) is 87.2 Å². The Labute approximate surface area is 305 Å². The zero-order chi connectivity index (χ0) is 35.6. The van der Waals surface area contributed by atoms with Gasteiger partial charge in [-0.25, -0.2) is 0 Å². The standard InChI is InChI=1S/C40H48N2O6S2/c1-24(16-25-10-13-30(14-11-25)48-40(2,3)4)37(43)41-15-7-8-28-21-34(29-19-31(45-5)22-32(20-29)46-6)47-35(28)23-36-38(44)42(39(49)50-36)33-18-26-9-12-27(33)17-26/h10-11,13-14,19-24,26-27,33H,7-9,12,15-18H2,1-6H3,(H,41,43)/b36-23-/t24-,26?,27?,33?/m0/s1. The van der Waals surface area contributed by atoms with Crippen molar-refractivity contribution in [1.82, 2.24) is 10.2 Å². The monoisotopic (exact) mass is 716 g/mol. The number of nitrogens with zero attached hydrogens (tertiary/aromatic N) is 1. The lowest BCUT2D eigenvalue weighted by Gasteiger charge is -2.30. The number of ether oxygens (including phenoxy) is 3. The van der Waals surface area contributed by atoms with Crippen LogP contribution in [0.15, 0.2) is 57.9 Å². The Morgan fingerprint density at radius 2 is 1.78 bits per heavy atom. The number of aryl methyl sites for hydroxylation is 1. The van der Waals surface area contributed by atoms with Crippen molar-refractivity contribution in [3.63, 3.8) is 0 Å². The van der Waals surface area contributed by atoms with Gasteiger partial charge in [0.25, 0.3) is 5.91 Å². The minimum Gasteiger partial charge on any atom is -0.497 e. The van der Waals surface area contributed by atoms with Crippen LogP contribution in [0.4, 0.5) is 0 Å². The van der Waals surface area contributed by atoms with Crippen LogP contribution in [0.2, 0.25) is 0 Å². The molecule has 2 bridgehead atoms. The molecule has 3 fully saturated rings. The Bertz CT molecular complexity index is 1740. The fraction of sp³-hybridized carbons (Fsp3) is 0.475. The second-order valence-electron chi connectivity index (χ2n) is 14.8. The molecule has 2 aliphatic carbocycles. The largest absolute Gasteiger partial charge is 0.497 e. The first-order chi connectivity index (χ1) is 23.9. The molecule has 1 saturated heterocycles. The van der Waals surface area contributed by atoms with E-state index < -0.39 is 0 Å². The maximum atomic E-state index is 13.8. The molecule has 3 aromatic rings. The molecule has 4 atom stereocenters. The van der Waals surface area contributed by atoms with Gasteiger partial charge in [-0.15, -0.1) is 0 Å². The van der Waals surface area contributed by atoms with Gasteiger partial charge in [0.1, 0.15) is 38.7 Å². The molecule has 266 valence electrons. The molecule has 2 saturated carbocycles. The van der Waals surface area contributed by atoms with Gasteiger partial charge in [-0.3, -0.25) is 14.5 Å². The van der Waals surface area contributed by atoms with Crippen molar-refractivity contribution in [2.24, 2.45) is 17.8 Å². The number of methoxy groups -OCH3 is 2. The summed E-state index contributed by atoms with van der Waals surface area (Å²) in [4.78, 5) is 29.2. The number of hydrogen-bond donors (Lipinski definition) is 1. The number of nitrogens with one attached hydrogen (secondary N) is 1. The summed E-state index contributed by atoms with van der Waals surface area (Å²) in [6, 6.07) is 15.8. The number of carbonyl (C=O) groups excluding carboxylic acids is 2. The predicted octanol–water partition coefficient (Wildman–Crippen LogP) is 8.46. The van der Waals surface area contributed by atoms with Crippen LogP contribution in [0, 0.1) is 17.8 Å². The van der Waals surface area contributed by atoms with E-state index in [0.717, 1.165) is 28.9 Å². The van der Waals surface area contributed by atoms with Gasteiger partial charge >= 0.3 is 0 Å². The van der Waals surface area contributed by atoms with E-state index >= 15 is 0 Å². The Hall–Kier alpha value is -3.76. The normalized spacial score (nSPS) is 21.6. The molecule has 2 heterocycles. The first-order valence-corrected chi connectivity index (χ1v) is 18.8. The molecule has 2 amide bonds. The highest BCUT2D eigenvalue weighted by Gasteiger charge is 2.48. The van der Waals surface area contributed by atoms with E-state index in [0.29, 0.717) is 69.9 Å². The van der Waals surface area contributed by atoms with Gasteiger partial charge in [-0.05, 0) is 113 Å². The average molecular weight is 717 g/mol. The fourth-order valence-corrected chi connectivity index (χ4v) is 8.77. The number of thiocarbonyl (C=S) groups is 1. The molecule has 3 aliphatic rings. The number of fused-ring (bicyclic) bond motifs is 2. The zero-order valence-electron chi connectivity index (χ0n) is 29.9. The summed E-state index contributed by atoms with van der Waals surface area (Å²) < 4.78 is 24.0. The van der Waals surface area contributed by atoms with Gasteiger partial charge in [-0.2, -0.15) is 0 Å². The quantitative estimate of drug-likeness (QED) is 0.107. The fourth-order valence-electron chi connectivity index (χ4n) is 7.42. The van der Waals surface area contributed by atoms with E-state index in [2.05, 4.69) is 5.32 Å². The van der Waals surface area contributed by atoms with E-state index in [9.17, 15) is 9.59 Å². The summed E-state index contributed by atoms with van der Waals surface area (Å²) >= 11 is 7.11. The van der Waals surface area contributed by atoms with Crippen LogP contribution in [0.3, 0.4) is 0 Å². The molecule has 10 heteroatoms. The van der Waals surface area contributed by atoms with Crippen molar-refractivity contribution < 1.29 is 28.2 Å². The van der Waals surface area contributed by atoms with Crippen LogP contribution in [-0.4, -0.2) is 53.4 Å². The van der Waals surface area contributed by atoms with Gasteiger partial charge in [0.15, 0.2) is 0 Å². The third-order valence-electron chi connectivity index (χ3n) is 9.85. The Balaban J connectivity index is 1.14. The van der Waals surface area contributed by atoms with E-state index in [4.69, 9.17) is 30.8 Å². The Morgan fingerprint density at radius 1 is 1.06 bits per heavy atom. The molecule has 1 N–H and O–H groups in total. The third-order valence-corrected chi connectivity index (χ3v) is 11.2. The molecule has 2 aromatic carbocycles. The smallest absolute Gasteiger partial charge is 0.266 e. The predicted molar refractivity (Wildman–Crippen MR) is 203 cm³/mol. The molecule has 50 heavy (non-hydrogen) atoms. The molecular formula is C40H48N2O6S2.